The van der Waals surface area contributed by atoms with Gasteiger partial charge in [0.2, 0.25) is 0 Å². The zero-order valence-corrected chi connectivity index (χ0v) is 10.6. The van der Waals surface area contributed by atoms with Crippen LogP contribution in [0.25, 0.3) is 0 Å². The second-order valence-corrected chi connectivity index (χ2v) is 5.16. The maximum absolute atomic E-state index is 2.32. The summed E-state index contributed by atoms with van der Waals surface area (Å²) in [6.45, 7) is 5.45. The molecule has 13 heavy (non-hydrogen) atoms. The number of hydrogen-bond acceptors (Lipinski definition) is 1. The Hall–Kier alpha value is -0.0900. The van der Waals surface area contributed by atoms with Gasteiger partial charge in [-0.1, -0.05) is 23.8 Å². The predicted octanol–water partition coefficient (Wildman–Crippen LogP) is 3.13. The summed E-state index contributed by atoms with van der Waals surface area (Å²) in [6.07, 6.45) is 1.14. The van der Waals surface area contributed by atoms with E-state index in [4.69, 9.17) is 0 Å². The number of rotatable bonds is 3. The first kappa shape index (κ1) is 11.0. The van der Waals surface area contributed by atoms with Crippen LogP contribution in [0.15, 0.2) is 18.2 Å². The van der Waals surface area contributed by atoms with E-state index < -0.39 is 0 Å². The van der Waals surface area contributed by atoms with Crippen molar-refractivity contribution in [1.82, 2.24) is 3.11 Å². The fourth-order valence-corrected chi connectivity index (χ4v) is 1.64. The Labute approximate surface area is 94.6 Å². The maximum Gasteiger partial charge on any atom is 0.0198 e. The average Bonchev–Trinajstić information content (AvgIpc) is 2.02. The van der Waals surface area contributed by atoms with E-state index in [2.05, 4.69) is 65.1 Å². The topological polar surface area (TPSA) is 3.24 Å². The summed E-state index contributed by atoms with van der Waals surface area (Å²) < 4.78 is 2.19. The Bertz CT molecular complexity index is 281. The lowest BCUT2D eigenvalue weighted by molar-refractivity contribution is 0.610. The van der Waals surface area contributed by atoms with Crippen LogP contribution in [0.4, 0.5) is 0 Å². The molecule has 0 aromatic heterocycles. The molecule has 1 rings (SSSR count). The van der Waals surface area contributed by atoms with Crippen LogP contribution in [-0.2, 0) is 6.42 Å². The minimum Gasteiger partial charge on any atom is -0.250 e. The van der Waals surface area contributed by atoms with E-state index >= 15 is 0 Å². The molecule has 72 valence electrons. The van der Waals surface area contributed by atoms with E-state index in [1.54, 1.807) is 0 Å². The first-order chi connectivity index (χ1) is 6.09. The number of benzene rings is 1. The number of halogens is 1. The van der Waals surface area contributed by atoms with Gasteiger partial charge in [0.15, 0.2) is 0 Å². The standard InChI is InChI=1S/C11H16IN/c1-9-4-5-11(10(2)8-9)6-7-13(3)12/h4-5,8H,6-7H2,1-3H3. The van der Waals surface area contributed by atoms with Crippen molar-refractivity contribution >= 4 is 22.9 Å². The lowest BCUT2D eigenvalue weighted by Crippen LogP contribution is -2.09. The lowest BCUT2D eigenvalue weighted by Gasteiger charge is -2.09. The van der Waals surface area contributed by atoms with E-state index in [9.17, 15) is 0 Å². The van der Waals surface area contributed by atoms with Gasteiger partial charge in [0.25, 0.3) is 0 Å². The van der Waals surface area contributed by atoms with Gasteiger partial charge in [-0.25, -0.2) is 0 Å². The highest BCUT2D eigenvalue weighted by atomic mass is 127. The molecule has 0 saturated carbocycles. The molecule has 0 fully saturated rings. The molecule has 1 aromatic rings. The molecule has 0 N–H and O–H groups in total. The summed E-state index contributed by atoms with van der Waals surface area (Å²) in [5.74, 6) is 0. The third-order valence-corrected chi connectivity index (χ3v) is 2.67. The van der Waals surface area contributed by atoms with Crippen molar-refractivity contribution in [1.29, 1.82) is 0 Å². The van der Waals surface area contributed by atoms with Crippen molar-refractivity contribution in [2.24, 2.45) is 0 Å². The van der Waals surface area contributed by atoms with Crippen LogP contribution in [0.5, 0.6) is 0 Å². The molecular weight excluding hydrogens is 273 g/mol. The van der Waals surface area contributed by atoms with Gasteiger partial charge in [-0.2, -0.15) is 0 Å². The van der Waals surface area contributed by atoms with Gasteiger partial charge < -0.3 is 0 Å². The average molecular weight is 289 g/mol. The van der Waals surface area contributed by atoms with E-state index in [1.807, 2.05) is 0 Å². The van der Waals surface area contributed by atoms with Crippen molar-refractivity contribution in [3.63, 3.8) is 0 Å². The van der Waals surface area contributed by atoms with E-state index in [-0.39, 0.29) is 0 Å². The molecule has 0 spiro atoms. The van der Waals surface area contributed by atoms with Gasteiger partial charge in [-0.05, 0) is 38.4 Å². The Balaban J connectivity index is 2.67. The van der Waals surface area contributed by atoms with Gasteiger partial charge in [-0.3, -0.25) is 3.11 Å². The van der Waals surface area contributed by atoms with Crippen LogP contribution in [0.2, 0.25) is 0 Å². The summed E-state index contributed by atoms with van der Waals surface area (Å²) in [5, 5.41) is 0. The molecule has 0 aliphatic heterocycles. The molecule has 0 unspecified atom stereocenters. The zero-order valence-electron chi connectivity index (χ0n) is 8.47. The van der Waals surface area contributed by atoms with Crippen LogP contribution >= 0.6 is 22.9 Å². The smallest absolute Gasteiger partial charge is 0.0198 e. The third kappa shape index (κ3) is 3.65. The summed E-state index contributed by atoms with van der Waals surface area (Å²) in [6, 6.07) is 6.68. The Morgan fingerprint density at radius 1 is 1.31 bits per heavy atom. The summed E-state index contributed by atoms with van der Waals surface area (Å²) >= 11 is 2.32. The molecule has 0 heterocycles. The Morgan fingerprint density at radius 2 is 2.00 bits per heavy atom. The molecule has 1 nitrogen and oxygen atoms in total. The van der Waals surface area contributed by atoms with E-state index in [1.165, 1.54) is 16.7 Å². The molecule has 0 radical (unpaired) electrons. The van der Waals surface area contributed by atoms with Gasteiger partial charge >= 0.3 is 0 Å². The van der Waals surface area contributed by atoms with Crippen molar-refractivity contribution in [2.45, 2.75) is 20.3 Å². The molecule has 0 aliphatic carbocycles. The molecule has 0 saturated heterocycles. The molecule has 0 bridgehead atoms. The summed E-state index contributed by atoms with van der Waals surface area (Å²) in [7, 11) is 2.10. The highest BCUT2D eigenvalue weighted by Gasteiger charge is 1.99. The minimum atomic E-state index is 1.12. The van der Waals surface area contributed by atoms with Crippen LogP contribution in [0.1, 0.15) is 16.7 Å². The summed E-state index contributed by atoms with van der Waals surface area (Å²) in [4.78, 5) is 0. The van der Waals surface area contributed by atoms with Crippen LogP contribution in [0, 0.1) is 13.8 Å². The van der Waals surface area contributed by atoms with E-state index in [0.717, 1.165) is 13.0 Å². The lowest BCUT2D eigenvalue weighted by atomic mass is 10.0. The first-order valence-electron chi connectivity index (χ1n) is 4.52. The van der Waals surface area contributed by atoms with Gasteiger partial charge in [0.05, 0.1) is 0 Å². The number of aryl methyl sites for hydroxylation is 2. The normalized spacial score (nSPS) is 10.8. The number of likely N-dealkylation sites (N-methyl/N-ethyl adjacent to an activating group) is 1. The first-order valence-corrected chi connectivity index (χ1v) is 5.49. The molecule has 1 aromatic carbocycles. The molecular formula is C11H16IN. The van der Waals surface area contributed by atoms with Gasteiger partial charge in [-0.15, -0.1) is 0 Å². The fourth-order valence-electron chi connectivity index (χ4n) is 1.40. The number of nitrogens with zero attached hydrogens (tertiary/aromatic N) is 1. The van der Waals surface area contributed by atoms with Crippen LogP contribution in [-0.4, -0.2) is 16.7 Å². The summed E-state index contributed by atoms with van der Waals surface area (Å²) in [5.41, 5.74) is 4.23. The van der Waals surface area contributed by atoms with Gasteiger partial charge in [0.1, 0.15) is 0 Å². The van der Waals surface area contributed by atoms with Crippen molar-refractivity contribution < 1.29 is 0 Å². The van der Waals surface area contributed by atoms with E-state index in [0.29, 0.717) is 0 Å². The highest BCUT2D eigenvalue weighted by Crippen LogP contribution is 2.11. The molecule has 0 atom stereocenters. The highest BCUT2D eigenvalue weighted by molar-refractivity contribution is 14.1. The zero-order chi connectivity index (χ0) is 9.84. The SMILES string of the molecule is Cc1ccc(CCN(C)I)c(C)c1. The monoisotopic (exact) mass is 289 g/mol. The van der Waals surface area contributed by atoms with Crippen LogP contribution in [0.3, 0.4) is 0 Å². The molecule has 0 amide bonds. The van der Waals surface area contributed by atoms with Crippen molar-refractivity contribution in [3.8, 4) is 0 Å². The molecule has 0 aliphatic rings. The number of hydrogen-bond donors (Lipinski definition) is 0. The minimum absolute atomic E-state index is 1.12. The predicted molar refractivity (Wildman–Crippen MR) is 66.3 cm³/mol. The van der Waals surface area contributed by atoms with Crippen molar-refractivity contribution in [2.75, 3.05) is 13.6 Å². The Morgan fingerprint density at radius 3 is 2.54 bits per heavy atom. The fraction of sp³-hybridized carbons (Fsp3) is 0.455. The van der Waals surface area contributed by atoms with Gasteiger partial charge in [0, 0.05) is 29.4 Å². The van der Waals surface area contributed by atoms with Crippen molar-refractivity contribution in [3.05, 3.63) is 34.9 Å². The maximum atomic E-state index is 2.32. The largest absolute Gasteiger partial charge is 0.250 e. The Kier molecular flexibility index (Phi) is 4.19. The quantitative estimate of drug-likeness (QED) is 0.610. The molecule has 2 heteroatoms. The van der Waals surface area contributed by atoms with Crippen LogP contribution < -0.4 is 0 Å². The third-order valence-electron chi connectivity index (χ3n) is 2.19. The second-order valence-electron chi connectivity index (χ2n) is 3.51. The second kappa shape index (κ2) is 4.96.